The van der Waals surface area contributed by atoms with Crippen molar-refractivity contribution in [2.75, 3.05) is 6.54 Å². The van der Waals surface area contributed by atoms with Crippen LogP contribution in [0, 0.1) is 0 Å². The van der Waals surface area contributed by atoms with Gasteiger partial charge in [0.15, 0.2) is 0 Å². The summed E-state index contributed by atoms with van der Waals surface area (Å²) in [5.74, 6) is -3.55. The highest BCUT2D eigenvalue weighted by atomic mass is 16.4. The van der Waals surface area contributed by atoms with Gasteiger partial charge in [0.05, 0.1) is 6.04 Å². The molecule has 2 unspecified atom stereocenters. The van der Waals surface area contributed by atoms with Crippen molar-refractivity contribution in [2.24, 2.45) is 5.73 Å². The van der Waals surface area contributed by atoms with Gasteiger partial charge < -0.3 is 26.6 Å². The van der Waals surface area contributed by atoms with Crippen LogP contribution in [-0.4, -0.2) is 52.6 Å². The molecular weight excluding hydrogens is 270 g/mol. The second kappa shape index (κ2) is 8.86. The van der Waals surface area contributed by atoms with E-state index < -0.39 is 42.4 Å². The Morgan fingerprint density at radius 2 is 1.70 bits per heavy atom. The number of carboxylic acids is 2. The normalized spacial score (nSPS) is 13.1. The van der Waals surface area contributed by atoms with Gasteiger partial charge in [0.1, 0.15) is 12.6 Å². The van der Waals surface area contributed by atoms with Gasteiger partial charge in [-0.3, -0.25) is 19.2 Å². The standard InChI is InChI=1S/C11H19N3O6/c1-2-7(11(20)13-5-9(17)18)14-10(19)6(12)3-4-8(15)16/h6-7H,2-5,12H2,1H3,(H,13,20)(H,14,19)(H,15,16)(H,17,18). The molecule has 0 heterocycles. The molecule has 0 aromatic rings. The van der Waals surface area contributed by atoms with Gasteiger partial charge in [0.2, 0.25) is 11.8 Å². The lowest BCUT2D eigenvalue weighted by molar-refractivity contribution is -0.138. The molecule has 20 heavy (non-hydrogen) atoms. The van der Waals surface area contributed by atoms with Gasteiger partial charge in [0.25, 0.3) is 0 Å². The van der Waals surface area contributed by atoms with E-state index in [2.05, 4.69) is 10.6 Å². The molecule has 9 nitrogen and oxygen atoms in total. The molecule has 2 atom stereocenters. The van der Waals surface area contributed by atoms with Crippen LogP contribution in [0.1, 0.15) is 26.2 Å². The first kappa shape index (κ1) is 17.8. The zero-order chi connectivity index (χ0) is 15.7. The lowest BCUT2D eigenvalue weighted by Gasteiger charge is -2.18. The highest BCUT2D eigenvalue weighted by molar-refractivity contribution is 5.91. The van der Waals surface area contributed by atoms with Crippen LogP contribution < -0.4 is 16.4 Å². The maximum absolute atomic E-state index is 11.6. The molecule has 0 aliphatic rings. The molecule has 0 aliphatic carbocycles. The molecule has 0 saturated heterocycles. The molecule has 9 heteroatoms. The topological polar surface area (TPSA) is 159 Å². The van der Waals surface area contributed by atoms with E-state index in [9.17, 15) is 19.2 Å². The summed E-state index contributed by atoms with van der Waals surface area (Å²) in [4.78, 5) is 43.9. The van der Waals surface area contributed by atoms with Crippen LogP contribution in [0.25, 0.3) is 0 Å². The average Bonchev–Trinajstić information content (AvgIpc) is 2.38. The largest absolute Gasteiger partial charge is 0.481 e. The van der Waals surface area contributed by atoms with Crippen LogP contribution in [0.15, 0.2) is 0 Å². The number of carbonyl (C=O) groups is 4. The smallest absolute Gasteiger partial charge is 0.322 e. The number of hydrogen-bond acceptors (Lipinski definition) is 5. The van der Waals surface area contributed by atoms with Crippen LogP contribution in [0.4, 0.5) is 0 Å². The van der Waals surface area contributed by atoms with Crippen LogP contribution in [0.5, 0.6) is 0 Å². The van der Waals surface area contributed by atoms with Crippen molar-refractivity contribution >= 4 is 23.8 Å². The number of nitrogens with one attached hydrogen (secondary N) is 2. The van der Waals surface area contributed by atoms with Crippen LogP contribution in [-0.2, 0) is 19.2 Å². The van der Waals surface area contributed by atoms with Gasteiger partial charge >= 0.3 is 11.9 Å². The SMILES string of the molecule is CCC(NC(=O)C(N)CCC(=O)O)C(=O)NCC(=O)O. The molecule has 0 aromatic carbocycles. The van der Waals surface area contributed by atoms with E-state index in [4.69, 9.17) is 15.9 Å². The molecular formula is C11H19N3O6. The summed E-state index contributed by atoms with van der Waals surface area (Å²) in [7, 11) is 0. The van der Waals surface area contributed by atoms with E-state index in [1.807, 2.05) is 0 Å². The van der Waals surface area contributed by atoms with Gasteiger partial charge in [0, 0.05) is 6.42 Å². The monoisotopic (exact) mass is 289 g/mol. The first-order chi connectivity index (χ1) is 9.27. The van der Waals surface area contributed by atoms with E-state index in [-0.39, 0.29) is 19.3 Å². The fraction of sp³-hybridized carbons (Fsp3) is 0.636. The van der Waals surface area contributed by atoms with Gasteiger partial charge in [-0.15, -0.1) is 0 Å². The summed E-state index contributed by atoms with van der Waals surface area (Å²) in [5, 5.41) is 21.4. The third-order valence-electron chi connectivity index (χ3n) is 2.46. The van der Waals surface area contributed by atoms with Crippen LogP contribution in [0.3, 0.4) is 0 Å². The molecule has 114 valence electrons. The van der Waals surface area contributed by atoms with Crippen molar-refractivity contribution in [2.45, 2.75) is 38.3 Å². The number of amides is 2. The highest BCUT2D eigenvalue weighted by Gasteiger charge is 2.22. The number of nitrogens with two attached hydrogens (primary N) is 1. The van der Waals surface area contributed by atoms with Crippen molar-refractivity contribution < 1.29 is 29.4 Å². The second-order valence-corrected chi connectivity index (χ2v) is 4.12. The maximum atomic E-state index is 11.6. The second-order valence-electron chi connectivity index (χ2n) is 4.12. The zero-order valence-corrected chi connectivity index (χ0v) is 11.1. The maximum Gasteiger partial charge on any atom is 0.322 e. The van der Waals surface area contributed by atoms with Crippen LogP contribution in [0.2, 0.25) is 0 Å². The average molecular weight is 289 g/mol. The van der Waals surface area contributed by atoms with E-state index in [1.54, 1.807) is 6.92 Å². The minimum absolute atomic E-state index is 0.0473. The van der Waals surface area contributed by atoms with E-state index in [0.717, 1.165) is 0 Å². The lowest BCUT2D eigenvalue weighted by atomic mass is 10.1. The van der Waals surface area contributed by atoms with Gasteiger partial charge in [-0.1, -0.05) is 6.92 Å². The summed E-state index contributed by atoms with van der Waals surface area (Å²) < 4.78 is 0. The fourth-order valence-electron chi connectivity index (χ4n) is 1.33. The van der Waals surface area contributed by atoms with Crippen LogP contribution >= 0.6 is 0 Å². The summed E-state index contributed by atoms with van der Waals surface area (Å²) in [5.41, 5.74) is 5.49. The molecule has 0 spiro atoms. The van der Waals surface area contributed by atoms with Gasteiger partial charge in [-0.2, -0.15) is 0 Å². The summed E-state index contributed by atoms with van der Waals surface area (Å²) in [6.07, 6.45) is -0.0478. The predicted octanol–water partition coefficient (Wildman–Crippen LogP) is -1.73. The Hall–Kier alpha value is -2.16. The Kier molecular flexibility index (Phi) is 7.90. The van der Waals surface area contributed by atoms with Gasteiger partial charge in [-0.25, -0.2) is 0 Å². The minimum atomic E-state index is -1.20. The molecule has 0 saturated carbocycles. The Bertz CT molecular complexity index is 384. The number of carbonyl (C=O) groups excluding carboxylic acids is 2. The van der Waals surface area contributed by atoms with Crippen molar-refractivity contribution in [3.05, 3.63) is 0 Å². The zero-order valence-electron chi connectivity index (χ0n) is 11.1. The molecule has 0 fully saturated rings. The number of hydrogen-bond donors (Lipinski definition) is 5. The first-order valence-electron chi connectivity index (χ1n) is 6.05. The Morgan fingerprint density at radius 3 is 2.15 bits per heavy atom. The minimum Gasteiger partial charge on any atom is -0.481 e. The number of carboxylic acid groups (broad SMARTS) is 2. The molecule has 0 bridgehead atoms. The predicted molar refractivity (Wildman–Crippen MR) is 67.7 cm³/mol. The van der Waals surface area contributed by atoms with Gasteiger partial charge in [-0.05, 0) is 12.8 Å². The third kappa shape index (κ3) is 7.31. The Balaban J connectivity index is 4.33. The third-order valence-corrected chi connectivity index (χ3v) is 2.46. The van der Waals surface area contributed by atoms with Crippen molar-refractivity contribution in [3.8, 4) is 0 Å². The number of aliphatic carboxylic acids is 2. The molecule has 0 radical (unpaired) electrons. The summed E-state index contributed by atoms with van der Waals surface area (Å²) in [6, 6.07) is -1.94. The number of rotatable bonds is 9. The molecule has 0 rings (SSSR count). The molecule has 0 aliphatic heterocycles. The first-order valence-corrected chi connectivity index (χ1v) is 6.05. The Labute approximate surface area is 115 Å². The fourth-order valence-corrected chi connectivity index (χ4v) is 1.33. The van der Waals surface area contributed by atoms with E-state index in [0.29, 0.717) is 0 Å². The molecule has 2 amide bonds. The van der Waals surface area contributed by atoms with E-state index in [1.165, 1.54) is 0 Å². The lowest BCUT2D eigenvalue weighted by Crippen LogP contribution is -2.52. The summed E-state index contributed by atoms with van der Waals surface area (Å²) >= 11 is 0. The Morgan fingerprint density at radius 1 is 1.10 bits per heavy atom. The van der Waals surface area contributed by atoms with Crippen molar-refractivity contribution in [1.29, 1.82) is 0 Å². The highest BCUT2D eigenvalue weighted by Crippen LogP contribution is 1.98. The summed E-state index contributed by atoms with van der Waals surface area (Å²) in [6.45, 7) is 1.09. The van der Waals surface area contributed by atoms with E-state index >= 15 is 0 Å². The molecule has 6 N–H and O–H groups in total. The van der Waals surface area contributed by atoms with Crippen molar-refractivity contribution in [3.63, 3.8) is 0 Å². The van der Waals surface area contributed by atoms with Crippen molar-refractivity contribution in [1.82, 2.24) is 10.6 Å². The quantitative estimate of drug-likeness (QED) is 0.337. The molecule has 0 aromatic heterocycles.